The molecule has 1 unspecified atom stereocenters. The van der Waals surface area contributed by atoms with E-state index in [2.05, 4.69) is 5.32 Å². The first kappa shape index (κ1) is 13.0. The van der Waals surface area contributed by atoms with Crippen molar-refractivity contribution in [1.29, 1.82) is 0 Å². The molecule has 1 fully saturated rings. The molecule has 1 aromatic rings. The summed E-state index contributed by atoms with van der Waals surface area (Å²) in [7, 11) is 3.12. The van der Waals surface area contributed by atoms with Crippen molar-refractivity contribution in [3.63, 3.8) is 0 Å². The van der Waals surface area contributed by atoms with Gasteiger partial charge in [-0.05, 0) is 31.0 Å². The van der Waals surface area contributed by atoms with Crippen molar-refractivity contribution in [3.05, 3.63) is 23.8 Å². The molecule has 0 heterocycles. The second-order valence-electron chi connectivity index (χ2n) is 4.25. The predicted molar refractivity (Wildman–Crippen MR) is 69.3 cm³/mol. The molecule has 0 spiro atoms. The molecule has 1 aromatic carbocycles. The Balaban J connectivity index is 2.20. The molecular weight excluding hydrogens is 254 g/mol. The fraction of sp³-hybridized carbons (Fsp3) is 0.462. The molecule has 1 aliphatic carbocycles. The van der Waals surface area contributed by atoms with Crippen molar-refractivity contribution >= 4 is 17.5 Å². The minimum atomic E-state index is -0.768. The average molecular weight is 270 g/mol. The molecule has 5 heteroatoms. The third-order valence-corrected chi connectivity index (χ3v) is 3.30. The Morgan fingerprint density at radius 1 is 1.39 bits per heavy atom. The van der Waals surface area contributed by atoms with Crippen LogP contribution in [-0.2, 0) is 4.79 Å². The number of ether oxygens (including phenoxy) is 2. The number of alkyl halides is 1. The highest BCUT2D eigenvalue weighted by Gasteiger charge is 2.28. The topological polar surface area (TPSA) is 47.6 Å². The minimum absolute atomic E-state index is 0.189. The van der Waals surface area contributed by atoms with Crippen molar-refractivity contribution in [1.82, 2.24) is 5.32 Å². The van der Waals surface area contributed by atoms with Crippen molar-refractivity contribution in [2.45, 2.75) is 24.3 Å². The lowest BCUT2D eigenvalue weighted by molar-refractivity contribution is -0.121. The van der Waals surface area contributed by atoms with Gasteiger partial charge in [0.2, 0.25) is 5.91 Å². The van der Waals surface area contributed by atoms with Crippen LogP contribution in [0.25, 0.3) is 0 Å². The van der Waals surface area contributed by atoms with Crippen LogP contribution in [0.15, 0.2) is 18.2 Å². The summed E-state index contributed by atoms with van der Waals surface area (Å²) in [6, 6.07) is 5.53. The first-order chi connectivity index (χ1) is 8.65. The normalized spacial score (nSPS) is 15.9. The number of hydrogen-bond donors (Lipinski definition) is 1. The highest BCUT2D eigenvalue weighted by molar-refractivity contribution is 6.31. The van der Waals surface area contributed by atoms with Crippen LogP contribution >= 0.6 is 11.6 Å². The highest BCUT2D eigenvalue weighted by Crippen LogP contribution is 2.33. The van der Waals surface area contributed by atoms with Crippen LogP contribution < -0.4 is 14.8 Å². The van der Waals surface area contributed by atoms with Crippen LogP contribution in [0.2, 0.25) is 0 Å². The molecule has 1 atom stereocenters. The quantitative estimate of drug-likeness (QED) is 0.834. The maximum absolute atomic E-state index is 11.9. The number of carbonyl (C=O) groups is 1. The summed E-state index contributed by atoms with van der Waals surface area (Å²) in [6.07, 6.45) is 2.06. The van der Waals surface area contributed by atoms with E-state index in [1.807, 2.05) is 0 Å². The van der Waals surface area contributed by atoms with Gasteiger partial charge in [-0.3, -0.25) is 4.79 Å². The summed E-state index contributed by atoms with van der Waals surface area (Å²) in [6.45, 7) is 0. The number of rotatable bonds is 5. The largest absolute Gasteiger partial charge is 0.497 e. The smallest absolute Gasteiger partial charge is 0.242 e. The second-order valence-corrected chi connectivity index (χ2v) is 4.69. The Kier molecular flexibility index (Phi) is 3.97. The van der Waals surface area contributed by atoms with Gasteiger partial charge in [-0.2, -0.15) is 0 Å². The summed E-state index contributed by atoms with van der Waals surface area (Å²) in [4.78, 5) is 11.9. The Bertz CT molecular complexity index is 446. The molecule has 0 radical (unpaired) electrons. The van der Waals surface area contributed by atoms with Gasteiger partial charge in [-0.15, -0.1) is 11.6 Å². The molecule has 2 rings (SSSR count). The summed E-state index contributed by atoms with van der Waals surface area (Å²) < 4.78 is 10.3. The lowest BCUT2D eigenvalue weighted by Gasteiger charge is -2.15. The monoisotopic (exact) mass is 269 g/mol. The number of carbonyl (C=O) groups excluding carboxylic acids is 1. The van der Waals surface area contributed by atoms with Crippen molar-refractivity contribution in [2.24, 2.45) is 0 Å². The van der Waals surface area contributed by atoms with Crippen LogP contribution in [0.3, 0.4) is 0 Å². The SMILES string of the molecule is COc1ccc(OC)c(C(Cl)C(=O)NC2CC2)c1. The first-order valence-electron chi connectivity index (χ1n) is 5.82. The molecule has 1 saturated carbocycles. The minimum Gasteiger partial charge on any atom is -0.497 e. The van der Waals surface area contributed by atoms with Gasteiger partial charge in [0.1, 0.15) is 16.9 Å². The number of methoxy groups -OCH3 is 2. The van der Waals surface area contributed by atoms with Gasteiger partial charge in [0, 0.05) is 11.6 Å². The van der Waals surface area contributed by atoms with E-state index in [0.29, 0.717) is 17.1 Å². The fourth-order valence-corrected chi connectivity index (χ4v) is 1.91. The Morgan fingerprint density at radius 3 is 2.67 bits per heavy atom. The van der Waals surface area contributed by atoms with Gasteiger partial charge in [-0.1, -0.05) is 0 Å². The Labute approximate surface area is 111 Å². The maximum Gasteiger partial charge on any atom is 0.242 e. The van der Waals surface area contributed by atoms with Gasteiger partial charge in [0.05, 0.1) is 14.2 Å². The fourth-order valence-electron chi connectivity index (χ4n) is 1.68. The van der Waals surface area contributed by atoms with Gasteiger partial charge in [0.25, 0.3) is 0 Å². The van der Waals surface area contributed by atoms with Crippen molar-refractivity contribution < 1.29 is 14.3 Å². The van der Waals surface area contributed by atoms with E-state index < -0.39 is 5.38 Å². The molecule has 1 aliphatic rings. The van der Waals surface area contributed by atoms with E-state index in [1.54, 1.807) is 32.4 Å². The molecule has 4 nitrogen and oxygen atoms in total. The van der Waals surface area contributed by atoms with Gasteiger partial charge >= 0.3 is 0 Å². The molecule has 0 aliphatic heterocycles. The summed E-state index contributed by atoms with van der Waals surface area (Å²) in [5, 5.41) is 2.11. The highest BCUT2D eigenvalue weighted by atomic mass is 35.5. The molecule has 0 bridgehead atoms. The third-order valence-electron chi connectivity index (χ3n) is 2.86. The molecule has 1 amide bonds. The van der Waals surface area contributed by atoms with E-state index >= 15 is 0 Å². The van der Waals surface area contributed by atoms with E-state index in [9.17, 15) is 4.79 Å². The number of amides is 1. The van der Waals surface area contributed by atoms with E-state index in [1.165, 1.54) is 0 Å². The van der Waals surface area contributed by atoms with Crippen LogP contribution in [0.1, 0.15) is 23.8 Å². The average Bonchev–Trinajstić information content (AvgIpc) is 3.20. The first-order valence-corrected chi connectivity index (χ1v) is 6.25. The van der Waals surface area contributed by atoms with Crippen molar-refractivity contribution in [3.8, 4) is 11.5 Å². The lowest BCUT2D eigenvalue weighted by Crippen LogP contribution is -2.29. The zero-order chi connectivity index (χ0) is 13.1. The zero-order valence-electron chi connectivity index (χ0n) is 10.4. The Hall–Kier alpha value is -1.42. The molecule has 18 heavy (non-hydrogen) atoms. The van der Waals surface area contributed by atoms with Gasteiger partial charge < -0.3 is 14.8 Å². The van der Waals surface area contributed by atoms with E-state index in [-0.39, 0.29) is 11.9 Å². The van der Waals surface area contributed by atoms with Gasteiger partial charge in [0.15, 0.2) is 0 Å². The second kappa shape index (κ2) is 5.48. The molecule has 98 valence electrons. The van der Waals surface area contributed by atoms with Crippen LogP contribution in [-0.4, -0.2) is 26.2 Å². The standard InChI is InChI=1S/C13H16ClNO3/c1-17-9-5-6-11(18-2)10(7-9)12(14)13(16)15-8-3-4-8/h5-8,12H,3-4H2,1-2H3,(H,15,16). The molecule has 1 N–H and O–H groups in total. The summed E-state index contributed by atoms with van der Waals surface area (Å²) >= 11 is 6.19. The van der Waals surface area contributed by atoms with E-state index in [4.69, 9.17) is 21.1 Å². The zero-order valence-corrected chi connectivity index (χ0v) is 11.2. The van der Waals surface area contributed by atoms with Crippen LogP contribution in [0.4, 0.5) is 0 Å². The van der Waals surface area contributed by atoms with E-state index in [0.717, 1.165) is 12.8 Å². The predicted octanol–water partition coefficient (Wildman–Crippen LogP) is 2.26. The number of nitrogens with one attached hydrogen (secondary N) is 1. The van der Waals surface area contributed by atoms with Crippen LogP contribution in [0.5, 0.6) is 11.5 Å². The maximum atomic E-state index is 11.9. The molecule has 0 aromatic heterocycles. The third kappa shape index (κ3) is 2.88. The number of benzene rings is 1. The van der Waals surface area contributed by atoms with Crippen LogP contribution in [0, 0.1) is 0 Å². The Morgan fingerprint density at radius 2 is 2.11 bits per heavy atom. The molecule has 0 saturated heterocycles. The summed E-state index contributed by atoms with van der Waals surface area (Å²) in [5.41, 5.74) is 0.622. The van der Waals surface area contributed by atoms with Gasteiger partial charge in [-0.25, -0.2) is 0 Å². The molecular formula is C13H16ClNO3. The van der Waals surface area contributed by atoms with Crippen molar-refractivity contribution in [2.75, 3.05) is 14.2 Å². The number of halogens is 1. The number of hydrogen-bond acceptors (Lipinski definition) is 3. The lowest BCUT2D eigenvalue weighted by atomic mass is 10.1. The summed E-state index contributed by atoms with van der Waals surface area (Å²) in [5.74, 6) is 1.04.